The molecule has 2 aromatic rings. The molecule has 3 N–H and O–H groups in total. The van der Waals surface area contributed by atoms with Crippen LogP contribution in [0.2, 0.25) is 0 Å². The third kappa shape index (κ3) is 2.75. The fraction of sp³-hybridized carbons (Fsp3) is 0.308. The molecule has 0 fully saturated rings. The average molecular weight is 250 g/mol. The van der Waals surface area contributed by atoms with Crippen LogP contribution in [-0.4, -0.2) is 34.5 Å². The summed E-state index contributed by atoms with van der Waals surface area (Å²) < 4.78 is 13.2. The van der Waals surface area contributed by atoms with Crippen molar-refractivity contribution < 1.29 is 14.6 Å². The average Bonchev–Trinajstić information content (AvgIpc) is 2.36. The smallest absolute Gasteiger partial charge is 0.124 e. The Hall–Kier alpha value is -1.72. The lowest BCUT2D eigenvalue weighted by molar-refractivity contribution is 0.105. The number of anilines is 1. The predicted octanol–water partition coefficient (Wildman–Crippen LogP) is 1.45. The summed E-state index contributed by atoms with van der Waals surface area (Å²) in [6.07, 6.45) is -0.845. The normalized spacial score (nSPS) is 12.7. The van der Waals surface area contributed by atoms with Crippen molar-refractivity contribution in [1.29, 1.82) is 0 Å². The molecule has 4 nitrogen and oxygen atoms in total. The number of nitrogens with zero attached hydrogens (tertiary/aromatic N) is 1. The third-order valence-corrected chi connectivity index (χ3v) is 2.64. The van der Waals surface area contributed by atoms with E-state index in [1.807, 2.05) is 6.92 Å². The Morgan fingerprint density at radius 1 is 1.39 bits per heavy atom. The van der Waals surface area contributed by atoms with Gasteiger partial charge in [-0.25, -0.2) is 4.39 Å². The van der Waals surface area contributed by atoms with Gasteiger partial charge in [0, 0.05) is 23.3 Å². The Morgan fingerprint density at radius 3 is 2.89 bits per heavy atom. The van der Waals surface area contributed by atoms with Gasteiger partial charge in [0.2, 0.25) is 0 Å². The third-order valence-electron chi connectivity index (χ3n) is 2.64. The summed E-state index contributed by atoms with van der Waals surface area (Å²) in [6.45, 7) is 1.73. The summed E-state index contributed by atoms with van der Waals surface area (Å²) in [4.78, 5) is 4.31. The van der Waals surface area contributed by atoms with Crippen LogP contribution in [0.15, 0.2) is 24.3 Å². The molecule has 1 atom stereocenters. The standard InChI is InChI=1S/C13H15FN2O2/c1-8-4-13(15-6-10(18)7-17)11-5-9(14)2-3-12(11)16-8/h2-5,10,17-18H,6-7H2,1H3,(H,15,16)/t10-/m0/s1. The van der Waals surface area contributed by atoms with Crippen LogP contribution in [0.1, 0.15) is 5.69 Å². The number of hydrogen-bond donors (Lipinski definition) is 3. The molecule has 18 heavy (non-hydrogen) atoms. The van der Waals surface area contributed by atoms with E-state index in [0.717, 1.165) is 5.69 Å². The Balaban J connectivity index is 2.38. The molecule has 5 heteroatoms. The van der Waals surface area contributed by atoms with E-state index < -0.39 is 6.10 Å². The first-order valence-corrected chi connectivity index (χ1v) is 5.70. The summed E-state index contributed by atoms with van der Waals surface area (Å²) in [5.74, 6) is -0.334. The molecule has 0 saturated carbocycles. The first-order valence-electron chi connectivity index (χ1n) is 5.70. The molecule has 2 rings (SSSR count). The number of aliphatic hydroxyl groups is 2. The lowest BCUT2D eigenvalue weighted by Crippen LogP contribution is -2.23. The molecular formula is C13H15FN2O2. The van der Waals surface area contributed by atoms with Gasteiger partial charge in [0.05, 0.1) is 18.2 Å². The molecule has 96 valence electrons. The lowest BCUT2D eigenvalue weighted by atomic mass is 10.1. The van der Waals surface area contributed by atoms with E-state index in [2.05, 4.69) is 10.3 Å². The van der Waals surface area contributed by atoms with E-state index in [4.69, 9.17) is 5.11 Å². The van der Waals surface area contributed by atoms with Crippen molar-refractivity contribution in [3.8, 4) is 0 Å². The number of aliphatic hydroxyl groups excluding tert-OH is 2. The molecule has 1 aromatic heterocycles. The van der Waals surface area contributed by atoms with Gasteiger partial charge in [0.25, 0.3) is 0 Å². The summed E-state index contributed by atoms with van der Waals surface area (Å²) in [7, 11) is 0. The number of aryl methyl sites for hydroxylation is 1. The van der Waals surface area contributed by atoms with Crippen LogP contribution >= 0.6 is 0 Å². The van der Waals surface area contributed by atoms with E-state index in [1.54, 1.807) is 12.1 Å². The number of fused-ring (bicyclic) bond motifs is 1. The number of nitrogens with one attached hydrogen (secondary N) is 1. The molecule has 1 heterocycles. The van der Waals surface area contributed by atoms with Gasteiger partial charge in [0.15, 0.2) is 0 Å². The van der Waals surface area contributed by atoms with Crippen molar-refractivity contribution in [2.45, 2.75) is 13.0 Å². The topological polar surface area (TPSA) is 65.4 Å². The zero-order valence-electron chi connectivity index (χ0n) is 10.0. The van der Waals surface area contributed by atoms with Gasteiger partial charge in [0.1, 0.15) is 5.82 Å². The van der Waals surface area contributed by atoms with Crippen LogP contribution < -0.4 is 5.32 Å². The van der Waals surface area contributed by atoms with Crippen LogP contribution in [0.25, 0.3) is 10.9 Å². The maximum absolute atomic E-state index is 13.2. The molecule has 1 aromatic carbocycles. The first kappa shape index (κ1) is 12.7. The Bertz CT molecular complexity index is 560. The van der Waals surface area contributed by atoms with Crippen molar-refractivity contribution in [3.63, 3.8) is 0 Å². The van der Waals surface area contributed by atoms with Gasteiger partial charge in [-0.3, -0.25) is 4.98 Å². The largest absolute Gasteiger partial charge is 0.394 e. The second kappa shape index (κ2) is 5.29. The second-order valence-corrected chi connectivity index (χ2v) is 4.19. The maximum atomic E-state index is 13.2. The van der Waals surface area contributed by atoms with Crippen molar-refractivity contribution in [2.24, 2.45) is 0 Å². The highest BCUT2D eigenvalue weighted by molar-refractivity contribution is 5.91. The van der Waals surface area contributed by atoms with Gasteiger partial charge in [-0.1, -0.05) is 0 Å². The van der Waals surface area contributed by atoms with Gasteiger partial charge in [-0.2, -0.15) is 0 Å². The summed E-state index contributed by atoms with van der Waals surface area (Å²) in [5, 5.41) is 21.7. The summed E-state index contributed by atoms with van der Waals surface area (Å²) in [5.41, 5.74) is 2.19. The van der Waals surface area contributed by atoms with Crippen molar-refractivity contribution in [1.82, 2.24) is 4.98 Å². The van der Waals surface area contributed by atoms with Crippen LogP contribution in [0.4, 0.5) is 10.1 Å². The van der Waals surface area contributed by atoms with E-state index in [0.29, 0.717) is 16.6 Å². The number of rotatable bonds is 4. The number of benzene rings is 1. The zero-order chi connectivity index (χ0) is 13.1. The Labute approximate surface area is 104 Å². The monoisotopic (exact) mass is 250 g/mol. The molecule has 0 aliphatic heterocycles. The summed E-state index contributed by atoms with van der Waals surface area (Å²) >= 11 is 0. The second-order valence-electron chi connectivity index (χ2n) is 4.19. The van der Waals surface area contributed by atoms with Crippen LogP contribution in [0.5, 0.6) is 0 Å². The molecule has 0 bridgehead atoms. The lowest BCUT2D eigenvalue weighted by Gasteiger charge is -2.13. The Kier molecular flexibility index (Phi) is 3.74. The van der Waals surface area contributed by atoms with E-state index in [9.17, 15) is 9.50 Å². The molecule has 0 amide bonds. The highest BCUT2D eigenvalue weighted by Gasteiger charge is 2.07. The van der Waals surface area contributed by atoms with E-state index >= 15 is 0 Å². The Morgan fingerprint density at radius 2 is 2.17 bits per heavy atom. The molecule has 0 aliphatic rings. The minimum absolute atomic E-state index is 0.200. The van der Waals surface area contributed by atoms with Gasteiger partial charge in [-0.15, -0.1) is 0 Å². The number of pyridine rings is 1. The number of aromatic nitrogens is 1. The highest BCUT2D eigenvalue weighted by Crippen LogP contribution is 2.23. The number of hydrogen-bond acceptors (Lipinski definition) is 4. The quantitative estimate of drug-likeness (QED) is 0.768. The van der Waals surface area contributed by atoms with Gasteiger partial charge < -0.3 is 15.5 Å². The van der Waals surface area contributed by atoms with Crippen LogP contribution in [-0.2, 0) is 0 Å². The SMILES string of the molecule is Cc1cc(NC[C@H](O)CO)c2cc(F)ccc2n1. The van der Waals surface area contributed by atoms with Crippen molar-refractivity contribution in [2.75, 3.05) is 18.5 Å². The van der Waals surface area contributed by atoms with Crippen LogP contribution in [0, 0.1) is 12.7 Å². The predicted molar refractivity (Wildman–Crippen MR) is 68.0 cm³/mol. The van der Waals surface area contributed by atoms with Crippen molar-refractivity contribution >= 4 is 16.6 Å². The van der Waals surface area contributed by atoms with Gasteiger partial charge >= 0.3 is 0 Å². The van der Waals surface area contributed by atoms with Crippen molar-refractivity contribution in [3.05, 3.63) is 35.8 Å². The molecule has 0 spiro atoms. The molecular weight excluding hydrogens is 235 g/mol. The molecule has 0 aliphatic carbocycles. The molecule has 0 radical (unpaired) electrons. The fourth-order valence-corrected chi connectivity index (χ4v) is 1.77. The highest BCUT2D eigenvalue weighted by atomic mass is 19.1. The fourth-order valence-electron chi connectivity index (χ4n) is 1.77. The first-order chi connectivity index (χ1) is 8.60. The molecule has 0 unspecified atom stereocenters. The van der Waals surface area contributed by atoms with Crippen LogP contribution in [0.3, 0.4) is 0 Å². The minimum Gasteiger partial charge on any atom is -0.394 e. The number of halogens is 1. The van der Waals surface area contributed by atoms with Gasteiger partial charge in [-0.05, 0) is 31.2 Å². The summed E-state index contributed by atoms with van der Waals surface area (Å²) in [6, 6.07) is 6.16. The van der Waals surface area contributed by atoms with E-state index in [-0.39, 0.29) is 19.0 Å². The van der Waals surface area contributed by atoms with E-state index in [1.165, 1.54) is 12.1 Å². The molecule has 0 saturated heterocycles. The zero-order valence-corrected chi connectivity index (χ0v) is 10.0. The minimum atomic E-state index is -0.845. The maximum Gasteiger partial charge on any atom is 0.124 e.